The fourth-order valence-electron chi connectivity index (χ4n) is 1.67. The zero-order valence-electron chi connectivity index (χ0n) is 10.8. The number of pyridine rings is 1. The van der Waals surface area contributed by atoms with Crippen LogP contribution in [-0.4, -0.2) is 14.9 Å². The zero-order chi connectivity index (χ0) is 14.7. The Bertz CT molecular complexity index is 689. The van der Waals surface area contributed by atoms with Crippen molar-refractivity contribution in [2.24, 2.45) is 0 Å². The number of anilines is 1. The fraction of sp³-hybridized carbons (Fsp3) is 0.250. The van der Waals surface area contributed by atoms with Crippen molar-refractivity contribution in [3.8, 4) is 6.07 Å². The number of rotatable bonds is 4. The largest absolute Gasteiger partial charge is 0.444 e. The van der Waals surface area contributed by atoms with Crippen molar-refractivity contribution in [1.82, 2.24) is 9.97 Å². The number of hydrogen-bond acceptors (Lipinski definition) is 7. The van der Waals surface area contributed by atoms with Crippen LogP contribution in [0.5, 0.6) is 0 Å². The summed E-state index contributed by atoms with van der Waals surface area (Å²) in [4.78, 5) is 18.4. The average molecular weight is 273 g/mol. The first-order chi connectivity index (χ1) is 9.52. The molecule has 1 unspecified atom stereocenters. The van der Waals surface area contributed by atoms with Crippen LogP contribution in [-0.2, 0) is 0 Å². The summed E-state index contributed by atoms with van der Waals surface area (Å²) in [6, 6.07) is 2.66. The van der Waals surface area contributed by atoms with Crippen LogP contribution in [0.25, 0.3) is 0 Å². The normalized spacial score (nSPS) is 11.7. The number of nitro groups is 1. The molecule has 0 bridgehead atoms. The Morgan fingerprint density at radius 3 is 2.85 bits per heavy atom. The molecule has 8 heteroatoms. The first-order valence-corrected chi connectivity index (χ1v) is 5.75. The third-order valence-electron chi connectivity index (χ3n) is 2.59. The summed E-state index contributed by atoms with van der Waals surface area (Å²) in [5.74, 6) is 1.04. The highest BCUT2D eigenvalue weighted by Gasteiger charge is 2.23. The van der Waals surface area contributed by atoms with E-state index in [2.05, 4.69) is 15.3 Å². The molecule has 1 N–H and O–H groups in total. The lowest BCUT2D eigenvalue weighted by Crippen LogP contribution is -2.10. The van der Waals surface area contributed by atoms with E-state index in [1.807, 2.05) is 0 Å². The van der Waals surface area contributed by atoms with Gasteiger partial charge in [-0.05, 0) is 19.9 Å². The first kappa shape index (κ1) is 13.5. The molecule has 0 amide bonds. The minimum absolute atomic E-state index is 0.0115. The van der Waals surface area contributed by atoms with Gasteiger partial charge in [0, 0.05) is 6.20 Å². The molecule has 0 spiro atoms. The van der Waals surface area contributed by atoms with Gasteiger partial charge in [0.15, 0.2) is 0 Å². The van der Waals surface area contributed by atoms with E-state index >= 15 is 0 Å². The molecule has 0 aliphatic carbocycles. The minimum Gasteiger partial charge on any atom is -0.444 e. The number of aromatic nitrogens is 2. The van der Waals surface area contributed by atoms with Crippen molar-refractivity contribution in [3.63, 3.8) is 0 Å². The Kier molecular flexibility index (Phi) is 3.61. The van der Waals surface area contributed by atoms with Gasteiger partial charge in [-0.1, -0.05) is 0 Å². The second kappa shape index (κ2) is 5.36. The van der Waals surface area contributed by atoms with Gasteiger partial charge in [0.25, 0.3) is 0 Å². The summed E-state index contributed by atoms with van der Waals surface area (Å²) in [6.45, 7) is 3.48. The van der Waals surface area contributed by atoms with Crippen molar-refractivity contribution >= 4 is 11.5 Å². The summed E-state index contributed by atoms with van der Waals surface area (Å²) in [6.07, 6.45) is 2.89. The summed E-state index contributed by atoms with van der Waals surface area (Å²) in [5, 5.41) is 22.8. The maximum Gasteiger partial charge on any atom is 0.328 e. The van der Waals surface area contributed by atoms with Crippen molar-refractivity contribution in [1.29, 1.82) is 5.26 Å². The summed E-state index contributed by atoms with van der Waals surface area (Å²) in [7, 11) is 0. The standard InChI is InChI=1S/C12H11N5O3/c1-7-6-15-12(20-7)8(2)16-11-10(17(18)19)9(5-13)3-4-14-11/h3-4,6,8H,1-2H3,(H,14,16). The van der Waals surface area contributed by atoms with Gasteiger partial charge < -0.3 is 9.73 Å². The van der Waals surface area contributed by atoms with E-state index < -0.39 is 11.0 Å². The minimum atomic E-state index is -0.637. The number of aryl methyl sites for hydroxylation is 1. The molecule has 2 rings (SSSR count). The van der Waals surface area contributed by atoms with E-state index in [9.17, 15) is 10.1 Å². The number of nitriles is 1. The second-order valence-electron chi connectivity index (χ2n) is 4.10. The molecule has 0 aliphatic rings. The zero-order valence-corrected chi connectivity index (χ0v) is 10.8. The van der Waals surface area contributed by atoms with Crippen LogP contribution in [0.3, 0.4) is 0 Å². The van der Waals surface area contributed by atoms with Gasteiger partial charge in [0.2, 0.25) is 11.7 Å². The summed E-state index contributed by atoms with van der Waals surface area (Å²) >= 11 is 0. The lowest BCUT2D eigenvalue weighted by Gasteiger charge is -2.11. The molecule has 102 valence electrons. The molecule has 8 nitrogen and oxygen atoms in total. The molecule has 0 fully saturated rings. The molecule has 0 saturated carbocycles. The van der Waals surface area contributed by atoms with E-state index in [4.69, 9.17) is 9.68 Å². The van der Waals surface area contributed by atoms with Crippen molar-refractivity contribution in [2.75, 3.05) is 5.32 Å². The Labute approximate surface area is 114 Å². The average Bonchev–Trinajstić information content (AvgIpc) is 2.84. The highest BCUT2D eigenvalue weighted by Crippen LogP contribution is 2.28. The topological polar surface area (TPSA) is 118 Å². The highest BCUT2D eigenvalue weighted by molar-refractivity contribution is 5.64. The Balaban J connectivity index is 2.34. The predicted molar refractivity (Wildman–Crippen MR) is 68.9 cm³/mol. The Hall–Kier alpha value is -2.95. The van der Waals surface area contributed by atoms with Gasteiger partial charge in [-0.15, -0.1) is 0 Å². The van der Waals surface area contributed by atoms with E-state index in [1.165, 1.54) is 12.3 Å². The Morgan fingerprint density at radius 1 is 1.55 bits per heavy atom. The van der Waals surface area contributed by atoms with Crippen LogP contribution in [0.2, 0.25) is 0 Å². The van der Waals surface area contributed by atoms with Gasteiger partial charge in [-0.25, -0.2) is 9.97 Å². The van der Waals surface area contributed by atoms with Crippen LogP contribution >= 0.6 is 0 Å². The van der Waals surface area contributed by atoms with Crippen LogP contribution in [0.4, 0.5) is 11.5 Å². The van der Waals surface area contributed by atoms with Crippen molar-refractivity contribution < 1.29 is 9.34 Å². The predicted octanol–water partition coefficient (Wildman–Crippen LogP) is 2.33. The molecule has 0 radical (unpaired) electrons. The molecule has 20 heavy (non-hydrogen) atoms. The Morgan fingerprint density at radius 2 is 2.30 bits per heavy atom. The molecular formula is C12H11N5O3. The maximum atomic E-state index is 11.1. The summed E-state index contributed by atoms with van der Waals surface area (Å²) < 4.78 is 5.34. The van der Waals surface area contributed by atoms with Crippen LogP contribution < -0.4 is 5.32 Å². The van der Waals surface area contributed by atoms with E-state index in [0.29, 0.717) is 11.7 Å². The summed E-state index contributed by atoms with van der Waals surface area (Å²) in [5.41, 5.74) is -0.409. The molecule has 0 aliphatic heterocycles. The van der Waals surface area contributed by atoms with Gasteiger partial charge in [0.1, 0.15) is 23.4 Å². The van der Waals surface area contributed by atoms with Crippen molar-refractivity contribution in [3.05, 3.63) is 45.8 Å². The van der Waals surface area contributed by atoms with Gasteiger partial charge in [0.05, 0.1) is 11.1 Å². The third kappa shape index (κ3) is 2.56. The lowest BCUT2D eigenvalue weighted by molar-refractivity contribution is -0.384. The molecular weight excluding hydrogens is 262 g/mol. The molecule has 2 aromatic rings. The smallest absolute Gasteiger partial charge is 0.328 e. The van der Waals surface area contributed by atoms with Gasteiger partial charge in [-0.3, -0.25) is 10.1 Å². The monoisotopic (exact) mass is 273 g/mol. The quantitative estimate of drug-likeness (QED) is 0.670. The van der Waals surface area contributed by atoms with Crippen molar-refractivity contribution in [2.45, 2.75) is 19.9 Å². The van der Waals surface area contributed by atoms with Crippen LogP contribution in [0, 0.1) is 28.4 Å². The number of hydrogen-bond donors (Lipinski definition) is 1. The van der Waals surface area contributed by atoms with E-state index in [1.54, 1.807) is 26.1 Å². The van der Waals surface area contributed by atoms with Gasteiger partial charge >= 0.3 is 5.69 Å². The highest BCUT2D eigenvalue weighted by atomic mass is 16.6. The maximum absolute atomic E-state index is 11.1. The fourth-order valence-corrected chi connectivity index (χ4v) is 1.67. The number of nitrogens with zero attached hydrogens (tertiary/aromatic N) is 4. The molecule has 2 heterocycles. The van der Waals surface area contributed by atoms with Crippen LogP contribution in [0.15, 0.2) is 22.9 Å². The third-order valence-corrected chi connectivity index (χ3v) is 2.59. The second-order valence-corrected chi connectivity index (χ2v) is 4.10. The SMILES string of the molecule is Cc1cnc(C(C)Nc2nccc(C#N)c2[N+](=O)[O-])o1. The van der Waals surface area contributed by atoms with Gasteiger partial charge in [-0.2, -0.15) is 5.26 Å². The number of nitrogens with one attached hydrogen (secondary N) is 1. The molecule has 0 saturated heterocycles. The molecule has 0 aromatic carbocycles. The van der Waals surface area contributed by atoms with E-state index in [0.717, 1.165) is 0 Å². The molecule has 1 atom stereocenters. The van der Waals surface area contributed by atoms with E-state index in [-0.39, 0.29) is 17.1 Å². The lowest BCUT2D eigenvalue weighted by atomic mass is 10.2. The van der Waals surface area contributed by atoms with Crippen LogP contribution in [0.1, 0.15) is 30.2 Å². The number of oxazole rings is 1. The molecule has 2 aromatic heterocycles. The first-order valence-electron chi connectivity index (χ1n) is 5.75.